The van der Waals surface area contributed by atoms with E-state index in [2.05, 4.69) is 14.4 Å². The Morgan fingerprint density at radius 3 is 2.11 bits per heavy atom. The zero-order valence-electron chi connectivity index (χ0n) is 10.0. The molecule has 1 rings (SSSR count). The lowest BCUT2D eigenvalue weighted by Gasteiger charge is -2.12. The predicted molar refractivity (Wildman–Crippen MR) is 62.5 cm³/mol. The summed E-state index contributed by atoms with van der Waals surface area (Å²) in [5.74, 6) is -1.21. The van der Waals surface area contributed by atoms with E-state index in [0.717, 1.165) is 12.4 Å². The largest absolute Gasteiger partial charge is 0.451 e. The Balaban J connectivity index is 2.82. The molecule has 0 saturated carbocycles. The maximum Gasteiger partial charge on any atom is 0.451 e. The lowest BCUT2D eigenvalue weighted by molar-refractivity contribution is -0.145. The van der Waals surface area contributed by atoms with E-state index in [1.807, 2.05) is 0 Å². The number of hydrogen-bond acceptors (Lipinski definition) is 3. The molecule has 1 atom stereocenters. The quantitative estimate of drug-likeness (QED) is 0.781. The summed E-state index contributed by atoms with van der Waals surface area (Å²) in [5, 5.41) is 0. The molecular weight excluding hydrogens is 267 g/mol. The van der Waals surface area contributed by atoms with Crippen molar-refractivity contribution in [2.24, 2.45) is 4.40 Å². The predicted octanol–water partition coefficient (Wildman–Crippen LogP) is 2.38. The minimum absolute atomic E-state index is 0.264. The molecule has 0 radical (unpaired) electrons. The van der Waals surface area contributed by atoms with Crippen molar-refractivity contribution in [1.29, 1.82) is 0 Å². The highest BCUT2D eigenvalue weighted by molar-refractivity contribution is 7.85. The van der Waals surface area contributed by atoms with Crippen molar-refractivity contribution < 1.29 is 17.4 Å². The molecule has 1 aromatic heterocycles. The minimum Gasteiger partial charge on any atom is -0.234 e. The Bertz CT molecular complexity index is 463. The van der Waals surface area contributed by atoms with Gasteiger partial charge < -0.3 is 0 Å². The first kappa shape index (κ1) is 14.7. The number of alkyl halides is 3. The van der Waals surface area contributed by atoms with Crippen molar-refractivity contribution in [3.8, 4) is 0 Å². The summed E-state index contributed by atoms with van der Waals surface area (Å²) < 4.78 is 51.3. The van der Waals surface area contributed by atoms with Crippen molar-refractivity contribution in [3.63, 3.8) is 0 Å². The number of nitrogens with zero attached hydrogens (tertiary/aromatic N) is 3. The van der Waals surface area contributed by atoms with Crippen LogP contribution in [-0.2, 0) is 17.2 Å². The maximum atomic E-state index is 12.2. The summed E-state index contributed by atoms with van der Waals surface area (Å²) in [6, 6.07) is 0. The molecule has 0 unspecified atom stereocenters. The van der Waals surface area contributed by atoms with Crippen molar-refractivity contribution >= 4 is 17.2 Å². The van der Waals surface area contributed by atoms with Crippen LogP contribution in [0, 0.1) is 0 Å². The first-order valence-electron chi connectivity index (χ1n) is 4.96. The van der Waals surface area contributed by atoms with Crippen molar-refractivity contribution in [1.82, 2.24) is 9.97 Å². The third-order valence-electron chi connectivity index (χ3n) is 1.75. The molecule has 18 heavy (non-hydrogen) atoms. The van der Waals surface area contributed by atoms with Gasteiger partial charge in [-0.05, 0) is 20.8 Å². The normalized spacial score (nSPS) is 15.0. The van der Waals surface area contributed by atoms with Crippen LogP contribution in [0.25, 0.3) is 0 Å². The standard InChI is InChI=1S/C10H12F3N3OS/c1-9(2,3)18(17)16-6-7-4-14-8(15-5-7)10(11,12)13/h4-6H,1-3H3/b16-6+/t18-/m1/s1. The molecule has 0 bridgehead atoms. The van der Waals surface area contributed by atoms with E-state index in [9.17, 15) is 17.4 Å². The van der Waals surface area contributed by atoms with E-state index < -0.39 is 27.7 Å². The molecule has 0 N–H and O–H groups in total. The topological polar surface area (TPSA) is 55.2 Å². The van der Waals surface area contributed by atoms with E-state index >= 15 is 0 Å². The van der Waals surface area contributed by atoms with E-state index in [1.54, 1.807) is 20.8 Å². The first-order valence-corrected chi connectivity index (χ1v) is 6.06. The number of aromatic nitrogens is 2. The zero-order chi connectivity index (χ0) is 14.0. The summed E-state index contributed by atoms with van der Waals surface area (Å²) in [4.78, 5) is 6.33. The number of hydrogen-bond donors (Lipinski definition) is 0. The third kappa shape index (κ3) is 4.17. The summed E-state index contributed by atoms with van der Waals surface area (Å²) in [5.41, 5.74) is 0.264. The number of rotatable bonds is 2. The molecule has 0 aliphatic heterocycles. The highest BCUT2D eigenvalue weighted by atomic mass is 32.2. The third-order valence-corrected chi connectivity index (χ3v) is 3.09. The van der Waals surface area contributed by atoms with Crippen LogP contribution in [0.1, 0.15) is 32.2 Å². The molecule has 100 valence electrons. The first-order chi connectivity index (χ1) is 8.10. The fourth-order valence-corrected chi connectivity index (χ4v) is 1.35. The zero-order valence-corrected chi connectivity index (χ0v) is 10.8. The van der Waals surface area contributed by atoms with Crippen molar-refractivity contribution in [2.75, 3.05) is 0 Å². The van der Waals surface area contributed by atoms with Crippen LogP contribution in [0.3, 0.4) is 0 Å². The van der Waals surface area contributed by atoms with E-state index in [-0.39, 0.29) is 5.56 Å². The van der Waals surface area contributed by atoms with Gasteiger partial charge in [-0.1, -0.05) is 0 Å². The second kappa shape index (κ2) is 5.13. The van der Waals surface area contributed by atoms with Gasteiger partial charge in [0.25, 0.3) is 0 Å². The van der Waals surface area contributed by atoms with E-state index in [1.165, 1.54) is 6.21 Å². The molecule has 0 fully saturated rings. The highest BCUT2D eigenvalue weighted by Gasteiger charge is 2.34. The summed E-state index contributed by atoms with van der Waals surface area (Å²) in [6.45, 7) is 5.22. The Hall–Kier alpha value is -1.31. The van der Waals surface area contributed by atoms with Crippen molar-refractivity contribution in [3.05, 3.63) is 23.8 Å². The van der Waals surface area contributed by atoms with Crippen molar-refractivity contribution in [2.45, 2.75) is 31.7 Å². The maximum absolute atomic E-state index is 12.2. The van der Waals surface area contributed by atoms with Crippen LogP contribution in [0.2, 0.25) is 0 Å². The van der Waals surface area contributed by atoms with Crippen LogP contribution < -0.4 is 0 Å². The van der Waals surface area contributed by atoms with E-state index in [4.69, 9.17) is 0 Å². The van der Waals surface area contributed by atoms with Gasteiger partial charge >= 0.3 is 6.18 Å². The Morgan fingerprint density at radius 2 is 1.72 bits per heavy atom. The average molecular weight is 279 g/mol. The van der Waals surface area contributed by atoms with Crippen LogP contribution in [0.5, 0.6) is 0 Å². The molecule has 1 heterocycles. The van der Waals surface area contributed by atoms with Gasteiger partial charge in [0.15, 0.2) is 0 Å². The monoisotopic (exact) mass is 279 g/mol. The van der Waals surface area contributed by atoms with Gasteiger partial charge in [0, 0.05) is 24.2 Å². The second-order valence-electron chi connectivity index (χ2n) is 4.43. The minimum atomic E-state index is -4.57. The molecule has 8 heteroatoms. The molecular formula is C10H12F3N3OS. The molecule has 1 aromatic rings. The fraction of sp³-hybridized carbons (Fsp3) is 0.500. The molecule has 0 spiro atoms. The average Bonchev–Trinajstić information content (AvgIpc) is 2.24. The van der Waals surface area contributed by atoms with Gasteiger partial charge in [0.2, 0.25) is 5.82 Å². The van der Waals surface area contributed by atoms with Gasteiger partial charge in [0.05, 0.1) is 4.75 Å². The van der Waals surface area contributed by atoms with Crippen LogP contribution >= 0.6 is 0 Å². The second-order valence-corrected chi connectivity index (χ2v) is 6.37. The molecule has 4 nitrogen and oxygen atoms in total. The van der Waals surface area contributed by atoms with Gasteiger partial charge in [0.1, 0.15) is 11.0 Å². The fourth-order valence-electron chi connectivity index (χ4n) is 0.818. The molecule has 0 aliphatic carbocycles. The summed E-state index contributed by atoms with van der Waals surface area (Å²) >= 11 is 0. The SMILES string of the molecule is CC(C)(C)[S@@](=O)/N=C/c1cnc(C(F)(F)F)nc1. The van der Waals surface area contributed by atoms with Gasteiger partial charge in [-0.25, -0.2) is 14.2 Å². The molecule has 0 aromatic carbocycles. The highest BCUT2D eigenvalue weighted by Crippen LogP contribution is 2.25. The lowest BCUT2D eigenvalue weighted by atomic mass is 10.3. The molecule has 0 amide bonds. The van der Waals surface area contributed by atoms with Crippen LogP contribution in [0.4, 0.5) is 13.2 Å². The van der Waals surface area contributed by atoms with E-state index in [0.29, 0.717) is 0 Å². The smallest absolute Gasteiger partial charge is 0.234 e. The molecule has 0 aliphatic rings. The van der Waals surface area contributed by atoms with Gasteiger partial charge in [-0.15, -0.1) is 0 Å². The summed E-state index contributed by atoms with van der Waals surface area (Å²) in [6.07, 6.45) is -1.40. The number of halogens is 3. The Kier molecular flexibility index (Phi) is 4.20. The Labute approximate surface area is 105 Å². The summed E-state index contributed by atoms with van der Waals surface area (Å²) in [7, 11) is -1.47. The lowest BCUT2D eigenvalue weighted by Crippen LogP contribution is -2.19. The molecule has 0 saturated heterocycles. The Morgan fingerprint density at radius 1 is 1.22 bits per heavy atom. The van der Waals surface area contributed by atoms with Gasteiger partial charge in [-0.3, -0.25) is 0 Å². The van der Waals surface area contributed by atoms with Crippen LogP contribution in [-0.4, -0.2) is 25.1 Å². The van der Waals surface area contributed by atoms with Gasteiger partial charge in [-0.2, -0.15) is 17.6 Å². The van der Waals surface area contributed by atoms with Crippen LogP contribution in [0.15, 0.2) is 16.8 Å².